The van der Waals surface area contributed by atoms with Gasteiger partial charge in [-0.3, -0.25) is 14.7 Å². The van der Waals surface area contributed by atoms with E-state index in [0.29, 0.717) is 5.91 Å². The summed E-state index contributed by atoms with van der Waals surface area (Å²) >= 11 is 0. The van der Waals surface area contributed by atoms with E-state index in [1.807, 2.05) is 11.9 Å². The normalized spacial score (nSPS) is 22.5. The van der Waals surface area contributed by atoms with Crippen LogP contribution in [0.3, 0.4) is 0 Å². The van der Waals surface area contributed by atoms with Crippen LogP contribution in [0.4, 0.5) is 0 Å². The molecule has 120 valence electrons. The number of carbonyl (C=O) groups excluding carboxylic acids is 1. The van der Waals surface area contributed by atoms with Gasteiger partial charge in [-0.1, -0.05) is 0 Å². The van der Waals surface area contributed by atoms with E-state index >= 15 is 0 Å². The molecule has 2 rings (SSSR count). The van der Waals surface area contributed by atoms with E-state index in [1.165, 1.54) is 0 Å². The fourth-order valence-electron chi connectivity index (χ4n) is 3.17. The number of likely N-dealkylation sites (tertiary alicyclic amines) is 1. The number of amides is 1. The first-order valence-corrected chi connectivity index (χ1v) is 8.15. The summed E-state index contributed by atoms with van der Waals surface area (Å²) in [7, 11) is 1.82. The highest BCUT2D eigenvalue weighted by Gasteiger charge is 2.30. The summed E-state index contributed by atoms with van der Waals surface area (Å²) in [4.78, 5) is 23.4. The summed E-state index contributed by atoms with van der Waals surface area (Å²) in [5, 5.41) is 3.30. The predicted molar refractivity (Wildman–Crippen MR) is 85.5 cm³/mol. The smallest absolute Gasteiger partial charge is 0.239 e. The predicted octanol–water partition coefficient (Wildman–Crippen LogP) is 0.210. The molecular formula is C15H29N5O. The van der Waals surface area contributed by atoms with Crippen LogP contribution in [0.2, 0.25) is 0 Å². The van der Waals surface area contributed by atoms with Gasteiger partial charge in [-0.15, -0.1) is 0 Å². The highest BCUT2D eigenvalue weighted by molar-refractivity contribution is 5.82. The van der Waals surface area contributed by atoms with Crippen LogP contribution in [-0.4, -0.2) is 85.5 Å². The Kier molecular flexibility index (Phi) is 5.85. The lowest BCUT2D eigenvalue weighted by Crippen LogP contribution is -2.57. The number of nitrogens with zero attached hydrogens (tertiary/aromatic N) is 4. The number of carbonyl (C=O) groups is 1. The third-order valence-corrected chi connectivity index (χ3v) is 4.48. The molecule has 0 aromatic heterocycles. The van der Waals surface area contributed by atoms with Crippen LogP contribution in [0.5, 0.6) is 0 Å². The van der Waals surface area contributed by atoms with Gasteiger partial charge in [-0.05, 0) is 26.7 Å². The van der Waals surface area contributed by atoms with Gasteiger partial charge < -0.3 is 15.1 Å². The van der Waals surface area contributed by atoms with E-state index < -0.39 is 0 Å². The van der Waals surface area contributed by atoms with E-state index in [9.17, 15) is 4.79 Å². The van der Waals surface area contributed by atoms with E-state index in [4.69, 9.17) is 0 Å². The first-order chi connectivity index (χ1) is 10.2. The van der Waals surface area contributed by atoms with Crippen LogP contribution in [0.15, 0.2) is 4.99 Å². The number of piperazine rings is 1. The minimum absolute atomic E-state index is 0.00593. The van der Waals surface area contributed by atoms with Crippen LogP contribution in [0.1, 0.15) is 26.7 Å². The lowest BCUT2D eigenvalue weighted by atomic mass is 10.2. The van der Waals surface area contributed by atoms with Gasteiger partial charge in [0, 0.05) is 52.9 Å². The number of aliphatic imine (C=N–C) groups is 1. The minimum atomic E-state index is 0.00593. The first kappa shape index (κ1) is 16.1. The van der Waals surface area contributed by atoms with Crippen LogP contribution < -0.4 is 5.32 Å². The van der Waals surface area contributed by atoms with Crippen molar-refractivity contribution >= 4 is 11.9 Å². The lowest BCUT2D eigenvalue weighted by Gasteiger charge is -2.39. The molecule has 0 aliphatic carbocycles. The molecular weight excluding hydrogens is 266 g/mol. The highest BCUT2D eigenvalue weighted by Crippen LogP contribution is 2.13. The molecule has 0 saturated carbocycles. The van der Waals surface area contributed by atoms with Crippen molar-refractivity contribution in [3.05, 3.63) is 0 Å². The van der Waals surface area contributed by atoms with Gasteiger partial charge in [0.25, 0.3) is 0 Å². The van der Waals surface area contributed by atoms with Crippen LogP contribution >= 0.6 is 0 Å². The molecule has 2 heterocycles. The fourth-order valence-corrected chi connectivity index (χ4v) is 3.17. The zero-order chi connectivity index (χ0) is 15.2. The van der Waals surface area contributed by atoms with Gasteiger partial charge in [0.2, 0.25) is 5.91 Å². The second kappa shape index (κ2) is 7.64. The van der Waals surface area contributed by atoms with Crippen molar-refractivity contribution in [2.75, 3.05) is 52.9 Å². The van der Waals surface area contributed by atoms with E-state index in [1.54, 1.807) is 0 Å². The second-order valence-corrected chi connectivity index (χ2v) is 5.81. The molecule has 6 nitrogen and oxygen atoms in total. The van der Waals surface area contributed by atoms with Gasteiger partial charge in [0.05, 0.1) is 6.04 Å². The summed E-state index contributed by atoms with van der Waals surface area (Å²) < 4.78 is 0. The van der Waals surface area contributed by atoms with Gasteiger partial charge >= 0.3 is 0 Å². The highest BCUT2D eigenvalue weighted by atomic mass is 16.2. The Morgan fingerprint density at radius 1 is 1.10 bits per heavy atom. The average molecular weight is 295 g/mol. The number of hydrogen-bond acceptors (Lipinski definition) is 3. The molecule has 2 aliphatic heterocycles. The topological polar surface area (TPSA) is 51.2 Å². The van der Waals surface area contributed by atoms with Crippen molar-refractivity contribution in [1.82, 2.24) is 20.0 Å². The van der Waals surface area contributed by atoms with E-state index in [0.717, 1.165) is 64.6 Å². The molecule has 21 heavy (non-hydrogen) atoms. The fraction of sp³-hybridized carbons (Fsp3) is 0.867. The summed E-state index contributed by atoms with van der Waals surface area (Å²) in [5.74, 6) is 1.27. The maximum Gasteiger partial charge on any atom is 0.239 e. The van der Waals surface area contributed by atoms with Gasteiger partial charge in [-0.25, -0.2) is 0 Å². The molecule has 0 aromatic carbocycles. The lowest BCUT2D eigenvalue weighted by molar-refractivity contribution is -0.135. The summed E-state index contributed by atoms with van der Waals surface area (Å²) in [6.45, 7) is 10.6. The van der Waals surface area contributed by atoms with Gasteiger partial charge in [0.1, 0.15) is 0 Å². The Labute approximate surface area is 128 Å². The second-order valence-electron chi connectivity index (χ2n) is 5.81. The van der Waals surface area contributed by atoms with Crippen LogP contribution in [-0.2, 0) is 4.79 Å². The standard InChI is InChI=1S/C15H29N5O/c1-4-17-15(16-3)20-11-9-18(10-12-20)13(2)14(21)19-7-5-6-8-19/h13H,4-12H2,1-3H3,(H,16,17). The number of rotatable bonds is 3. The van der Waals surface area contributed by atoms with Crippen molar-refractivity contribution in [2.24, 2.45) is 4.99 Å². The number of hydrogen-bond donors (Lipinski definition) is 1. The van der Waals surface area contributed by atoms with Crippen LogP contribution in [0, 0.1) is 0 Å². The average Bonchev–Trinajstić information content (AvgIpc) is 3.06. The molecule has 0 spiro atoms. The van der Waals surface area contributed by atoms with Gasteiger partial charge in [-0.2, -0.15) is 0 Å². The SMILES string of the molecule is CCNC(=NC)N1CCN(C(C)C(=O)N2CCCC2)CC1. The largest absolute Gasteiger partial charge is 0.357 e. The third-order valence-electron chi connectivity index (χ3n) is 4.48. The molecule has 1 N–H and O–H groups in total. The zero-order valence-corrected chi connectivity index (χ0v) is 13.6. The minimum Gasteiger partial charge on any atom is -0.357 e. The molecule has 2 fully saturated rings. The monoisotopic (exact) mass is 295 g/mol. The van der Waals surface area contributed by atoms with Gasteiger partial charge in [0.15, 0.2) is 5.96 Å². The number of guanidine groups is 1. The quantitative estimate of drug-likeness (QED) is 0.597. The van der Waals surface area contributed by atoms with Crippen molar-refractivity contribution in [1.29, 1.82) is 0 Å². The maximum atomic E-state index is 12.5. The molecule has 2 aliphatic rings. The van der Waals surface area contributed by atoms with Crippen molar-refractivity contribution in [3.8, 4) is 0 Å². The molecule has 0 aromatic rings. The van der Waals surface area contributed by atoms with E-state index in [-0.39, 0.29) is 6.04 Å². The molecule has 1 unspecified atom stereocenters. The third kappa shape index (κ3) is 3.87. The number of nitrogens with one attached hydrogen (secondary N) is 1. The molecule has 2 saturated heterocycles. The Hall–Kier alpha value is -1.30. The molecule has 0 radical (unpaired) electrons. The Morgan fingerprint density at radius 2 is 1.71 bits per heavy atom. The molecule has 1 amide bonds. The molecule has 0 bridgehead atoms. The Balaban J connectivity index is 1.84. The first-order valence-electron chi connectivity index (χ1n) is 8.15. The zero-order valence-electron chi connectivity index (χ0n) is 13.6. The van der Waals surface area contributed by atoms with Crippen molar-refractivity contribution in [2.45, 2.75) is 32.7 Å². The summed E-state index contributed by atoms with van der Waals surface area (Å²) in [5.41, 5.74) is 0. The molecule has 6 heteroatoms. The molecule has 1 atom stereocenters. The van der Waals surface area contributed by atoms with Crippen molar-refractivity contribution in [3.63, 3.8) is 0 Å². The Bertz CT molecular complexity index is 370. The van der Waals surface area contributed by atoms with E-state index in [2.05, 4.69) is 34.0 Å². The Morgan fingerprint density at radius 3 is 2.24 bits per heavy atom. The van der Waals surface area contributed by atoms with Crippen LogP contribution in [0.25, 0.3) is 0 Å². The van der Waals surface area contributed by atoms with Crippen molar-refractivity contribution < 1.29 is 4.79 Å². The summed E-state index contributed by atoms with van der Waals surface area (Å²) in [6.07, 6.45) is 2.32. The summed E-state index contributed by atoms with van der Waals surface area (Å²) in [6, 6.07) is 0.00593. The maximum absolute atomic E-state index is 12.5.